The van der Waals surface area contributed by atoms with E-state index in [4.69, 9.17) is 22.1 Å². The number of halogens is 4. The van der Waals surface area contributed by atoms with Crippen molar-refractivity contribution >= 4 is 40.2 Å². The van der Waals surface area contributed by atoms with Gasteiger partial charge in [0.15, 0.2) is 17.2 Å². The van der Waals surface area contributed by atoms with Crippen molar-refractivity contribution in [2.24, 2.45) is 12.8 Å². The van der Waals surface area contributed by atoms with Crippen LogP contribution in [-0.4, -0.2) is 43.0 Å². The molecule has 3 N–H and O–H groups in total. The lowest BCUT2D eigenvalue weighted by atomic mass is 10.0. The van der Waals surface area contributed by atoms with Crippen molar-refractivity contribution in [3.8, 4) is 5.75 Å². The maximum Gasteiger partial charge on any atom is 0.416 e. The number of benzene rings is 1. The molecule has 4 aromatic rings. The molecule has 0 bridgehead atoms. The summed E-state index contributed by atoms with van der Waals surface area (Å²) in [5.41, 5.74) is 6.94. The van der Waals surface area contributed by atoms with Crippen molar-refractivity contribution in [3.63, 3.8) is 0 Å². The molecular formula is C25H24ClF3N8O. The topological polar surface area (TPSA) is 107 Å². The second kappa shape index (κ2) is 10.1. The zero-order valence-electron chi connectivity index (χ0n) is 20.5. The normalized spacial score (nSPS) is 16.8. The van der Waals surface area contributed by atoms with Crippen molar-refractivity contribution in [1.82, 2.24) is 29.4 Å². The summed E-state index contributed by atoms with van der Waals surface area (Å²) in [7, 11) is 3.59. The Hall–Kier alpha value is -3.90. The van der Waals surface area contributed by atoms with Gasteiger partial charge in [0.2, 0.25) is 5.95 Å². The molecule has 0 radical (unpaired) electrons. The Morgan fingerprint density at radius 1 is 1.18 bits per heavy atom. The van der Waals surface area contributed by atoms with Gasteiger partial charge in [0.25, 0.3) is 0 Å². The number of hydrogen-bond acceptors (Lipinski definition) is 8. The lowest BCUT2D eigenvalue weighted by Crippen LogP contribution is -2.18. The van der Waals surface area contributed by atoms with Crippen LogP contribution in [0.3, 0.4) is 0 Å². The zero-order chi connectivity index (χ0) is 27.0. The lowest BCUT2D eigenvalue weighted by Gasteiger charge is -2.22. The standard InChI is InChI=1S/C25H24ClF3N8O/c1-36-7-3-4-18(36)14-8-15(25(27,28)29)10-16(9-14)34-24-35-23-22(37(24)2)21(26)20(13-33-23)38-19(11-30)17-12-31-5-6-32-17/h5-6,8-13,18H,3-4,7,30H2,1-2H3,(H,33,34,35)/b19-11+/t18-/m0/s1. The van der Waals surface area contributed by atoms with E-state index in [1.165, 1.54) is 37.1 Å². The van der Waals surface area contributed by atoms with E-state index in [1.807, 2.05) is 7.05 Å². The van der Waals surface area contributed by atoms with E-state index < -0.39 is 11.7 Å². The summed E-state index contributed by atoms with van der Waals surface area (Å²) in [5, 5.41) is 3.21. The number of aromatic nitrogens is 5. The first kappa shape index (κ1) is 25.7. The van der Waals surface area contributed by atoms with Gasteiger partial charge in [0.1, 0.15) is 16.2 Å². The smallest absolute Gasteiger partial charge is 0.416 e. The van der Waals surface area contributed by atoms with Crippen molar-refractivity contribution in [1.29, 1.82) is 0 Å². The largest absolute Gasteiger partial charge is 0.450 e. The quantitative estimate of drug-likeness (QED) is 0.316. The minimum absolute atomic E-state index is 0.0896. The summed E-state index contributed by atoms with van der Waals surface area (Å²) >= 11 is 6.65. The SMILES string of the molecule is CN1CCC[C@H]1c1cc(Nc2nc3ncc(O/C(=C/N)c4cnccn4)c(Cl)c3n2C)cc(C(F)(F)F)c1. The fraction of sp³-hybridized carbons (Fsp3) is 0.280. The van der Waals surface area contributed by atoms with E-state index >= 15 is 0 Å². The summed E-state index contributed by atoms with van der Waals surface area (Å²) in [6.45, 7) is 0.834. The number of fused-ring (bicyclic) bond motifs is 1. The molecule has 4 heterocycles. The molecule has 0 saturated carbocycles. The molecule has 0 spiro atoms. The average molecular weight is 545 g/mol. The Morgan fingerprint density at radius 2 is 2.00 bits per heavy atom. The molecule has 1 aromatic carbocycles. The van der Waals surface area contributed by atoms with Crippen LogP contribution in [-0.2, 0) is 13.2 Å². The fourth-order valence-electron chi connectivity index (χ4n) is 4.55. The number of imidazole rings is 1. The molecule has 1 atom stereocenters. The number of rotatable bonds is 6. The first-order chi connectivity index (χ1) is 18.2. The van der Waals surface area contributed by atoms with Gasteiger partial charge in [0, 0.05) is 37.4 Å². The monoisotopic (exact) mass is 544 g/mol. The minimum atomic E-state index is -4.50. The molecule has 5 rings (SSSR count). The number of ether oxygens (including phenoxy) is 1. The number of anilines is 2. The average Bonchev–Trinajstić information content (AvgIpc) is 3.46. The summed E-state index contributed by atoms with van der Waals surface area (Å²) in [6, 6.07) is 3.92. The number of likely N-dealkylation sites (tertiary alicyclic amines) is 1. The van der Waals surface area contributed by atoms with Crippen molar-refractivity contribution in [3.05, 3.63) is 71.0 Å². The summed E-state index contributed by atoms with van der Waals surface area (Å²) in [4.78, 5) is 19.0. The summed E-state index contributed by atoms with van der Waals surface area (Å²) in [6.07, 6.45) is 4.34. The highest BCUT2D eigenvalue weighted by atomic mass is 35.5. The Kier molecular flexibility index (Phi) is 6.84. The van der Waals surface area contributed by atoms with Crippen LogP contribution in [0.4, 0.5) is 24.8 Å². The molecule has 0 unspecified atom stereocenters. The number of nitrogens with two attached hydrogens (primary N) is 1. The molecule has 1 fully saturated rings. The van der Waals surface area contributed by atoms with Gasteiger partial charge in [-0.15, -0.1) is 0 Å². The van der Waals surface area contributed by atoms with Gasteiger partial charge in [-0.3, -0.25) is 9.88 Å². The van der Waals surface area contributed by atoms with E-state index in [0.29, 0.717) is 16.8 Å². The lowest BCUT2D eigenvalue weighted by molar-refractivity contribution is -0.137. The maximum atomic E-state index is 13.7. The molecule has 9 nitrogen and oxygen atoms in total. The number of aryl methyl sites for hydroxylation is 1. The minimum Gasteiger partial charge on any atom is -0.450 e. The van der Waals surface area contributed by atoms with Gasteiger partial charge >= 0.3 is 6.18 Å². The number of nitrogens with one attached hydrogen (secondary N) is 1. The van der Waals surface area contributed by atoms with Crippen molar-refractivity contribution in [2.45, 2.75) is 25.1 Å². The predicted molar refractivity (Wildman–Crippen MR) is 138 cm³/mol. The Morgan fingerprint density at radius 3 is 2.66 bits per heavy atom. The molecule has 13 heteroatoms. The van der Waals surface area contributed by atoms with Crippen molar-refractivity contribution < 1.29 is 17.9 Å². The first-order valence-electron chi connectivity index (χ1n) is 11.7. The molecule has 1 saturated heterocycles. The van der Waals surface area contributed by atoms with Gasteiger partial charge in [-0.25, -0.2) is 9.97 Å². The van der Waals surface area contributed by atoms with E-state index in [9.17, 15) is 13.2 Å². The number of hydrogen-bond donors (Lipinski definition) is 2. The van der Waals surface area contributed by atoms with Gasteiger partial charge in [-0.05, 0) is 50.2 Å². The van der Waals surface area contributed by atoms with Crippen LogP contribution in [0.5, 0.6) is 5.75 Å². The van der Waals surface area contributed by atoms with Crippen LogP contribution < -0.4 is 15.8 Å². The van der Waals surface area contributed by atoms with E-state index in [0.717, 1.165) is 25.5 Å². The number of alkyl halides is 3. The highest BCUT2D eigenvalue weighted by Gasteiger charge is 2.33. The van der Waals surface area contributed by atoms with Crippen LogP contribution in [0, 0.1) is 0 Å². The first-order valence-corrected chi connectivity index (χ1v) is 12.1. The van der Waals surface area contributed by atoms with Crippen LogP contribution in [0.25, 0.3) is 16.9 Å². The number of pyridine rings is 1. The van der Waals surface area contributed by atoms with E-state index in [-0.39, 0.29) is 39.9 Å². The molecule has 1 aliphatic rings. The van der Waals surface area contributed by atoms with Crippen LogP contribution >= 0.6 is 11.6 Å². The molecule has 0 amide bonds. The highest BCUT2D eigenvalue weighted by molar-refractivity contribution is 6.36. The fourth-order valence-corrected chi connectivity index (χ4v) is 4.85. The molecule has 0 aliphatic carbocycles. The maximum absolute atomic E-state index is 13.7. The molecule has 1 aliphatic heterocycles. The van der Waals surface area contributed by atoms with Crippen LogP contribution in [0.1, 0.15) is 35.7 Å². The van der Waals surface area contributed by atoms with E-state index in [1.54, 1.807) is 17.7 Å². The highest BCUT2D eigenvalue weighted by Crippen LogP contribution is 2.39. The molecular weight excluding hydrogens is 521 g/mol. The molecule has 3 aromatic heterocycles. The predicted octanol–water partition coefficient (Wildman–Crippen LogP) is 5.28. The summed E-state index contributed by atoms with van der Waals surface area (Å²) in [5.74, 6) is 0.678. The van der Waals surface area contributed by atoms with Crippen molar-refractivity contribution in [2.75, 3.05) is 18.9 Å². The Labute approximate surface area is 221 Å². The number of nitrogens with zero attached hydrogens (tertiary/aromatic N) is 6. The molecule has 198 valence electrons. The van der Waals surface area contributed by atoms with E-state index in [2.05, 4.69) is 30.2 Å². The van der Waals surface area contributed by atoms with Gasteiger partial charge in [-0.2, -0.15) is 18.2 Å². The van der Waals surface area contributed by atoms with Gasteiger partial charge in [0.05, 0.1) is 18.0 Å². The van der Waals surface area contributed by atoms with Crippen LogP contribution in [0.15, 0.2) is 49.2 Å². The molecule has 38 heavy (non-hydrogen) atoms. The Balaban J connectivity index is 1.50. The second-order valence-corrected chi connectivity index (χ2v) is 9.31. The van der Waals surface area contributed by atoms with Crippen LogP contribution in [0.2, 0.25) is 5.02 Å². The third-order valence-corrected chi connectivity index (χ3v) is 6.80. The summed E-state index contributed by atoms with van der Waals surface area (Å²) < 4.78 is 48.7. The van der Waals surface area contributed by atoms with Gasteiger partial charge < -0.3 is 20.4 Å². The second-order valence-electron chi connectivity index (χ2n) is 8.93. The Bertz CT molecular complexity index is 1510. The third-order valence-electron chi connectivity index (χ3n) is 6.44. The zero-order valence-corrected chi connectivity index (χ0v) is 21.3. The van der Waals surface area contributed by atoms with Gasteiger partial charge in [-0.1, -0.05) is 11.6 Å². The third kappa shape index (κ3) is 4.96.